The maximum atomic E-state index is 12.3. The third-order valence-electron chi connectivity index (χ3n) is 4.27. The average Bonchev–Trinajstić information content (AvgIpc) is 3.25. The predicted octanol–water partition coefficient (Wildman–Crippen LogP) is 3.26. The summed E-state index contributed by atoms with van der Waals surface area (Å²) >= 11 is 2.43. The lowest BCUT2D eigenvalue weighted by Gasteiger charge is -2.25. The number of allylic oxidation sites excluding steroid dienone is 1. The number of hydrogen-bond acceptors (Lipinski definition) is 8. The van der Waals surface area contributed by atoms with Crippen LogP contribution in [-0.4, -0.2) is 36.3 Å². The smallest absolute Gasteiger partial charge is 0.236 e. The van der Waals surface area contributed by atoms with Gasteiger partial charge in [0.15, 0.2) is 16.6 Å². The van der Waals surface area contributed by atoms with Crippen LogP contribution in [0.25, 0.3) is 0 Å². The van der Waals surface area contributed by atoms with Gasteiger partial charge in [0, 0.05) is 23.9 Å². The van der Waals surface area contributed by atoms with E-state index in [2.05, 4.69) is 21.7 Å². The lowest BCUT2D eigenvalue weighted by molar-refractivity contribution is -0.121. The first kappa shape index (κ1) is 21.7. The van der Waals surface area contributed by atoms with Crippen molar-refractivity contribution in [3.8, 4) is 17.6 Å². The summed E-state index contributed by atoms with van der Waals surface area (Å²) in [5.41, 5.74) is 1.18. The molecular formula is C20H20N4O4S2. The number of rotatable bonds is 8. The zero-order chi connectivity index (χ0) is 21.5. The van der Waals surface area contributed by atoms with Crippen LogP contribution >= 0.6 is 23.1 Å². The summed E-state index contributed by atoms with van der Waals surface area (Å²) in [5.74, 6) is 0.264. The third-order valence-corrected chi connectivity index (χ3v) is 5.98. The van der Waals surface area contributed by atoms with Gasteiger partial charge in [-0.2, -0.15) is 5.26 Å². The largest absolute Gasteiger partial charge is 0.493 e. The monoisotopic (exact) mass is 444 g/mol. The Kier molecular flexibility index (Phi) is 7.32. The van der Waals surface area contributed by atoms with Crippen molar-refractivity contribution in [2.45, 2.75) is 19.3 Å². The molecule has 3 rings (SSSR count). The summed E-state index contributed by atoms with van der Waals surface area (Å²) in [4.78, 5) is 28.5. The summed E-state index contributed by atoms with van der Waals surface area (Å²) in [6.45, 7) is 2.37. The summed E-state index contributed by atoms with van der Waals surface area (Å²) in [7, 11) is 1.54. The van der Waals surface area contributed by atoms with E-state index in [1.54, 1.807) is 30.8 Å². The van der Waals surface area contributed by atoms with Crippen molar-refractivity contribution in [2.75, 3.05) is 24.8 Å². The molecule has 1 aliphatic rings. The van der Waals surface area contributed by atoms with Crippen molar-refractivity contribution in [3.63, 3.8) is 0 Å². The highest BCUT2D eigenvalue weighted by atomic mass is 32.2. The molecule has 1 unspecified atom stereocenters. The van der Waals surface area contributed by atoms with Crippen LogP contribution in [0.15, 0.2) is 40.4 Å². The van der Waals surface area contributed by atoms with E-state index in [9.17, 15) is 14.9 Å². The number of nitrogens with one attached hydrogen (secondary N) is 2. The Balaban J connectivity index is 1.81. The standard InChI is InChI=1S/C20H20N4O4S2/c1-3-28-15-5-4-12(8-16(15)27-2)13-9-17(25)23-19(14(13)10-21)30-11-18(26)24-20-22-6-7-29-20/h4-8,13H,3,9,11H2,1-2H3,(H,23,25)(H,22,24,26). The number of benzene rings is 1. The van der Waals surface area contributed by atoms with Gasteiger partial charge in [-0.25, -0.2) is 4.98 Å². The molecule has 0 spiro atoms. The number of amides is 2. The lowest BCUT2D eigenvalue weighted by Crippen LogP contribution is -2.31. The molecule has 0 radical (unpaired) electrons. The van der Waals surface area contributed by atoms with Crippen LogP contribution in [0, 0.1) is 11.3 Å². The second-order valence-electron chi connectivity index (χ2n) is 6.18. The molecule has 2 heterocycles. The van der Waals surface area contributed by atoms with E-state index in [0.29, 0.717) is 33.8 Å². The zero-order valence-corrected chi connectivity index (χ0v) is 18.1. The van der Waals surface area contributed by atoms with Crippen molar-refractivity contribution >= 4 is 40.0 Å². The number of anilines is 1. The van der Waals surface area contributed by atoms with E-state index in [-0.39, 0.29) is 24.0 Å². The number of thioether (sulfide) groups is 1. The minimum Gasteiger partial charge on any atom is -0.493 e. The molecule has 30 heavy (non-hydrogen) atoms. The van der Waals surface area contributed by atoms with Crippen LogP contribution in [-0.2, 0) is 9.59 Å². The number of methoxy groups -OCH3 is 1. The Hall–Kier alpha value is -3.03. The molecule has 0 bridgehead atoms. The fourth-order valence-corrected chi connectivity index (χ4v) is 4.39. The highest BCUT2D eigenvalue weighted by Gasteiger charge is 2.30. The highest BCUT2D eigenvalue weighted by molar-refractivity contribution is 8.03. The predicted molar refractivity (Wildman–Crippen MR) is 116 cm³/mol. The number of nitriles is 1. The van der Waals surface area contributed by atoms with Crippen molar-refractivity contribution in [2.24, 2.45) is 0 Å². The third kappa shape index (κ3) is 5.11. The Morgan fingerprint density at radius 1 is 1.47 bits per heavy atom. The fourth-order valence-electron chi connectivity index (χ4n) is 2.97. The van der Waals surface area contributed by atoms with Crippen molar-refractivity contribution < 1.29 is 19.1 Å². The lowest BCUT2D eigenvalue weighted by atomic mass is 9.87. The van der Waals surface area contributed by atoms with Crippen LogP contribution in [0.3, 0.4) is 0 Å². The van der Waals surface area contributed by atoms with Crippen LogP contribution in [0.4, 0.5) is 5.13 Å². The summed E-state index contributed by atoms with van der Waals surface area (Å²) in [6.07, 6.45) is 1.73. The van der Waals surface area contributed by atoms with Gasteiger partial charge in [0.1, 0.15) is 0 Å². The molecule has 2 aromatic rings. The van der Waals surface area contributed by atoms with E-state index in [1.165, 1.54) is 11.3 Å². The Labute approximate surface area is 182 Å². The quantitative estimate of drug-likeness (QED) is 0.642. The number of aromatic nitrogens is 1. The number of carbonyl (C=O) groups is 2. The van der Waals surface area contributed by atoms with Gasteiger partial charge in [-0.1, -0.05) is 17.8 Å². The second kappa shape index (κ2) is 10.1. The SMILES string of the molecule is CCOc1ccc(C2CC(=O)NC(SCC(=O)Nc3nccs3)=C2C#N)cc1OC. The molecule has 156 valence electrons. The van der Waals surface area contributed by atoms with Gasteiger partial charge in [-0.3, -0.25) is 9.59 Å². The van der Waals surface area contributed by atoms with E-state index < -0.39 is 5.92 Å². The Bertz CT molecular complexity index is 999. The number of thiazole rings is 1. The fraction of sp³-hybridized carbons (Fsp3) is 0.300. The number of hydrogen-bond donors (Lipinski definition) is 2. The highest BCUT2D eigenvalue weighted by Crippen LogP contribution is 2.39. The minimum atomic E-state index is -0.433. The molecule has 2 amide bonds. The van der Waals surface area contributed by atoms with Crippen LogP contribution in [0.2, 0.25) is 0 Å². The van der Waals surface area contributed by atoms with Gasteiger partial charge in [0.05, 0.1) is 36.1 Å². The summed E-state index contributed by atoms with van der Waals surface area (Å²) < 4.78 is 10.9. The van der Waals surface area contributed by atoms with Gasteiger partial charge in [0.25, 0.3) is 0 Å². The number of ether oxygens (including phenoxy) is 2. The maximum absolute atomic E-state index is 12.3. The van der Waals surface area contributed by atoms with Crippen molar-refractivity contribution in [3.05, 3.63) is 45.9 Å². The van der Waals surface area contributed by atoms with E-state index >= 15 is 0 Å². The van der Waals surface area contributed by atoms with Gasteiger partial charge in [-0.05, 0) is 24.6 Å². The minimum absolute atomic E-state index is 0.0414. The molecule has 8 nitrogen and oxygen atoms in total. The van der Waals surface area contributed by atoms with Gasteiger partial charge < -0.3 is 20.1 Å². The number of carbonyl (C=O) groups excluding carboxylic acids is 2. The topological polar surface area (TPSA) is 113 Å². The van der Waals surface area contributed by atoms with Gasteiger partial charge >= 0.3 is 0 Å². The number of nitrogens with zero attached hydrogens (tertiary/aromatic N) is 2. The van der Waals surface area contributed by atoms with Crippen molar-refractivity contribution in [1.82, 2.24) is 10.3 Å². The normalized spacial score (nSPS) is 15.9. The first-order valence-electron chi connectivity index (χ1n) is 9.12. The molecule has 1 aliphatic heterocycles. The first-order valence-corrected chi connectivity index (χ1v) is 11.0. The molecule has 1 atom stereocenters. The Morgan fingerprint density at radius 2 is 2.30 bits per heavy atom. The molecule has 0 aliphatic carbocycles. The van der Waals surface area contributed by atoms with Crippen molar-refractivity contribution in [1.29, 1.82) is 5.26 Å². The summed E-state index contributed by atoms with van der Waals surface area (Å²) in [6, 6.07) is 7.58. The first-order chi connectivity index (χ1) is 14.5. The van der Waals surface area contributed by atoms with Crippen LogP contribution in [0.1, 0.15) is 24.8 Å². The van der Waals surface area contributed by atoms with Gasteiger partial charge in [0.2, 0.25) is 11.8 Å². The molecular weight excluding hydrogens is 424 g/mol. The zero-order valence-electron chi connectivity index (χ0n) is 16.4. The molecule has 0 fully saturated rings. The molecule has 1 aromatic heterocycles. The van der Waals surface area contributed by atoms with E-state index in [0.717, 1.165) is 17.3 Å². The summed E-state index contributed by atoms with van der Waals surface area (Å²) in [5, 5.41) is 17.8. The van der Waals surface area contributed by atoms with Gasteiger partial charge in [-0.15, -0.1) is 11.3 Å². The maximum Gasteiger partial charge on any atom is 0.236 e. The van der Waals surface area contributed by atoms with Crippen LogP contribution < -0.4 is 20.1 Å². The molecule has 0 saturated heterocycles. The average molecular weight is 445 g/mol. The van der Waals surface area contributed by atoms with Crippen LogP contribution in [0.5, 0.6) is 11.5 Å². The van der Waals surface area contributed by atoms with E-state index in [1.807, 2.05) is 13.0 Å². The molecule has 0 saturated carbocycles. The second-order valence-corrected chi connectivity index (χ2v) is 8.06. The molecule has 2 N–H and O–H groups in total. The van der Waals surface area contributed by atoms with E-state index in [4.69, 9.17) is 9.47 Å². The molecule has 1 aromatic carbocycles. The Morgan fingerprint density at radius 3 is 2.97 bits per heavy atom. The molecule has 10 heteroatoms.